The van der Waals surface area contributed by atoms with E-state index in [4.69, 9.17) is 5.84 Å². The second kappa shape index (κ2) is 7.98. The van der Waals surface area contributed by atoms with Crippen molar-refractivity contribution in [2.24, 2.45) is 10.9 Å². The highest BCUT2D eigenvalue weighted by Gasteiger charge is 2.24. The van der Waals surface area contributed by atoms with Gasteiger partial charge >= 0.3 is 0 Å². The number of nitro benzene ring substituents is 1. The van der Waals surface area contributed by atoms with Gasteiger partial charge in [0.15, 0.2) is 5.78 Å². The Bertz CT molecular complexity index is 813. The van der Waals surface area contributed by atoms with Crippen molar-refractivity contribution < 1.29 is 9.72 Å². The molecule has 26 heavy (non-hydrogen) atoms. The molecule has 0 fully saturated rings. The summed E-state index contributed by atoms with van der Waals surface area (Å²) in [6.45, 7) is 0.397. The molecule has 0 aliphatic carbocycles. The molecular weight excluding hydrogens is 354 g/mol. The molecule has 8 nitrogen and oxygen atoms in total. The fourth-order valence-corrected chi connectivity index (χ4v) is 3.58. The summed E-state index contributed by atoms with van der Waals surface area (Å²) < 4.78 is 1.68. The van der Waals surface area contributed by atoms with Crippen LogP contribution in [0.2, 0.25) is 0 Å². The summed E-state index contributed by atoms with van der Waals surface area (Å²) in [5, 5.41) is 16.2. The molecule has 0 radical (unpaired) electrons. The van der Waals surface area contributed by atoms with Crippen molar-refractivity contribution in [2.75, 3.05) is 6.67 Å². The van der Waals surface area contributed by atoms with Gasteiger partial charge in [-0.3, -0.25) is 19.9 Å². The SMILES string of the molecule is NN1C=NN(SC(CC(=O)c2ccccc2)c2ccc([N+](=O)[O-])cc2)C1. The van der Waals surface area contributed by atoms with Crippen molar-refractivity contribution >= 4 is 29.8 Å². The number of hydrazone groups is 1. The van der Waals surface area contributed by atoms with Gasteiger partial charge in [0.2, 0.25) is 0 Å². The molecule has 3 rings (SSSR count). The summed E-state index contributed by atoms with van der Waals surface area (Å²) in [5.74, 6) is 5.67. The van der Waals surface area contributed by atoms with Crippen molar-refractivity contribution in [1.82, 2.24) is 9.42 Å². The van der Waals surface area contributed by atoms with Crippen LogP contribution in [0.4, 0.5) is 5.69 Å². The first kappa shape index (κ1) is 17.9. The Balaban J connectivity index is 1.80. The van der Waals surface area contributed by atoms with E-state index in [9.17, 15) is 14.9 Å². The highest BCUT2D eigenvalue weighted by atomic mass is 32.2. The number of benzene rings is 2. The van der Waals surface area contributed by atoms with Gasteiger partial charge < -0.3 is 0 Å². The maximum absolute atomic E-state index is 12.6. The Morgan fingerprint density at radius 1 is 1.23 bits per heavy atom. The zero-order valence-electron chi connectivity index (χ0n) is 13.8. The van der Waals surface area contributed by atoms with Crippen LogP contribution in [0.3, 0.4) is 0 Å². The van der Waals surface area contributed by atoms with Crippen LogP contribution in [0.1, 0.15) is 27.6 Å². The van der Waals surface area contributed by atoms with Crippen molar-refractivity contribution in [3.8, 4) is 0 Å². The Kier molecular flexibility index (Phi) is 5.49. The van der Waals surface area contributed by atoms with E-state index in [2.05, 4.69) is 5.10 Å². The van der Waals surface area contributed by atoms with Crippen molar-refractivity contribution in [2.45, 2.75) is 11.7 Å². The number of ketones is 1. The number of hydrazine groups is 1. The average Bonchev–Trinajstić information content (AvgIpc) is 3.06. The van der Waals surface area contributed by atoms with E-state index in [1.165, 1.54) is 35.4 Å². The molecule has 134 valence electrons. The van der Waals surface area contributed by atoms with Crippen molar-refractivity contribution in [1.29, 1.82) is 0 Å². The van der Waals surface area contributed by atoms with E-state index in [1.807, 2.05) is 18.2 Å². The first-order chi connectivity index (χ1) is 12.5. The Labute approximate surface area is 154 Å². The van der Waals surface area contributed by atoms with Crippen molar-refractivity contribution in [3.63, 3.8) is 0 Å². The lowest BCUT2D eigenvalue weighted by Crippen LogP contribution is -2.30. The topological polar surface area (TPSA) is 105 Å². The van der Waals surface area contributed by atoms with Crippen molar-refractivity contribution in [3.05, 3.63) is 75.8 Å². The standard InChI is InChI=1S/C17H17N5O3S/c18-20-11-19-21(12-20)26-17(10-16(23)13-4-2-1-3-5-13)14-6-8-15(9-7-14)22(24)25/h1-9,11,17H,10,12,18H2. The number of nitrogens with two attached hydrogens (primary N) is 1. The number of nitro groups is 1. The lowest BCUT2D eigenvalue weighted by Gasteiger charge is -2.21. The molecule has 0 amide bonds. The van der Waals surface area contributed by atoms with E-state index in [0.29, 0.717) is 12.2 Å². The maximum Gasteiger partial charge on any atom is 0.269 e. The van der Waals surface area contributed by atoms with Gasteiger partial charge in [0.05, 0.1) is 10.2 Å². The van der Waals surface area contributed by atoms with E-state index in [-0.39, 0.29) is 23.1 Å². The average molecular weight is 371 g/mol. The summed E-state index contributed by atoms with van der Waals surface area (Å²) >= 11 is 1.37. The second-order valence-electron chi connectivity index (χ2n) is 5.67. The van der Waals surface area contributed by atoms with Crippen LogP contribution < -0.4 is 5.84 Å². The van der Waals surface area contributed by atoms with Gasteiger partial charge in [-0.1, -0.05) is 42.5 Å². The van der Waals surface area contributed by atoms with Crippen LogP contribution in [-0.4, -0.2) is 33.1 Å². The number of hydrogen-bond acceptors (Lipinski definition) is 8. The lowest BCUT2D eigenvalue weighted by atomic mass is 10.0. The fraction of sp³-hybridized carbons (Fsp3) is 0.176. The minimum Gasteiger partial charge on any atom is -0.294 e. The summed E-state index contributed by atoms with van der Waals surface area (Å²) in [7, 11) is 0. The molecule has 2 N–H and O–H groups in total. The highest BCUT2D eigenvalue weighted by molar-refractivity contribution is 7.97. The summed E-state index contributed by atoms with van der Waals surface area (Å²) in [6.07, 6.45) is 1.74. The number of carbonyl (C=O) groups excluding carboxylic acids is 1. The lowest BCUT2D eigenvalue weighted by molar-refractivity contribution is -0.384. The van der Waals surface area contributed by atoms with Crippen LogP contribution in [0.5, 0.6) is 0 Å². The normalized spacial score (nSPS) is 14.5. The molecule has 1 atom stereocenters. The predicted molar refractivity (Wildman–Crippen MR) is 100 cm³/mol. The number of Topliss-reactive ketones (excluding diaryl/α,β-unsaturated/α-hetero) is 1. The molecule has 0 spiro atoms. The minimum atomic E-state index is -0.446. The summed E-state index contributed by atoms with van der Waals surface area (Å²) in [6, 6.07) is 15.3. The third-order valence-electron chi connectivity index (χ3n) is 3.80. The maximum atomic E-state index is 12.6. The van der Waals surface area contributed by atoms with Gasteiger partial charge in [0.25, 0.3) is 5.69 Å². The molecule has 0 bridgehead atoms. The second-order valence-corrected chi connectivity index (χ2v) is 6.88. The monoisotopic (exact) mass is 371 g/mol. The Morgan fingerprint density at radius 2 is 1.92 bits per heavy atom. The molecule has 2 aromatic carbocycles. The first-order valence-corrected chi connectivity index (χ1v) is 8.69. The zero-order valence-corrected chi connectivity index (χ0v) is 14.6. The van der Waals surface area contributed by atoms with Crippen LogP contribution >= 0.6 is 11.9 Å². The van der Waals surface area contributed by atoms with E-state index >= 15 is 0 Å². The molecule has 9 heteroatoms. The van der Waals surface area contributed by atoms with Gasteiger partial charge in [-0.25, -0.2) is 10.3 Å². The zero-order chi connectivity index (χ0) is 18.5. The van der Waals surface area contributed by atoms with Crippen LogP contribution in [0.15, 0.2) is 59.7 Å². The minimum absolute atomic E-state index is 0.00534. The Hall–Kier alpha value is -2.91. The third-order valence-corrected chi connectivity index (χ3v) is 4.95. The van der Waals surface area contributed by atoms with Gasteiger partial charge in [0, 0.05) is 24.1 Å². The number of nitrogens with zero attached hydrogens (tertiary/aromatic N) is 4. The first-order valence-electron chi connectivity index (χ1n) is 7.85. The fourth-order valence-electron chi connectivity index (χ4n) is 2.48. The van der Waals surface area contributed by atoms with Gasteiger partial charge in [0.1, 0.15) is 13.0 Å². The highest BCUT2D eigenvalue weighted by Crippen LogP contribution is 2.37. The third kappa shape index (κ3) is 4.38. The molecule has 0 aromatic heterocycles. The van der Waals surface area contributed by atoms with Crippen LogP contribution in [0, 0.1) is 10.1 Å². The van der Waals surface area contributed by atoms with Crippen LogP contribution in [0.25, 0.3) is 0 Å². The molecule has 0 saturated heterocycles. The van der Waals surface area contributed by atoms with Gasteiger partial charge in [-0.05, 0) is 17.5 Å². The van der Waals surface area contributed by atoms with E-state index in [1.54, 1.807) is 28.7 Å². The van der Waals surface area contributed by atoms with E-state index < -0.39 is 4.92 Å². The number of hydrogen-bond donors (Lipinski definition) is 1. The summed E-state index contributed by atoms with van der Waals surface area (Å²) in [5.41, 5.74) is 1.46. The number of rotatable bonds is 7. The molecule has 0 saturated carbocycles. The molecular formula is C17H17N5O3S. The largest absolute Gasteiger partial charge is 0.294 e. The predicted octanol–water partition coefficient (Wildman–Crippen LogP) is 2.95. The molecule has 1 aliphatic heterocycles. The van der Waals surface area contributed by atoms with Gasteiger partial charge in [-0.2, -0.15) is 5.10 Å². The van der Waals surface area contributed by atoms with Gasteiger partial charge in [-0.15, -0.1) is 0 Å². The molecule has 1 heterocycles. The molecule has 2 aromatic rings. The number of carbonyl (C=O) groups is 1. The van der Waals surface area contributed by atoms with E-state index in [0.717, 1.165) is 5.56 Å². The summed E-state index contributed by atoms with van der Waals surface area (Å²) in [4.78, 5) is 23.0. The quantitative estimate of drug-likeness (QED) is 0.262. The Morgan fingerprint density at radius 3 is 2.50 bits per heavy atom. The smallest absolute Gasteiger partial charge is 0.269 e. The molecule has 1 unspecified atom stereocenters. The number of non-ortho nitro benzene ring substituents is 1. The van der Waals surface area contributed by atoms with Crippen LogP contribution in [-0.2, 0) is 0 Å². The molecule has 1 aliphatic rings.